The van der Waals surface area contributed by atoms with Crippen LogP contribution in [0, 0.1) is 19.3 Å². The summed E-state index contributed by atoms with van der Waals surface area (Å²) in [4.78, 5) is 22.0. The first-order chi connectivity index (χ1) is 16.3. The van der Waals surface area contributed by atoms with Gasteiger partial charge in [0.1, 0.15) is 24.7 Å². The zero-order valence-electron chi connectivity index (χ0n) is 19.3. The Morgan fingerprint density at radius 3 is 2.62 bits per heavy atom. The smallest absolute Gasteiger partial charge is 0.282 e. The second-order valence-corrected chi connectivity index (χ2v) is 8.65. The molecular formula is C25H24BrN3O5. The van der Waals surface area contributed by atoms with Crippen LogP contribution in [0.2, 0.25) is 0 Å². The number of hydroxylamine groups is 2. The van der Waals surface area contributed by atoms with Gasteiger partial charge in [0.15, 0.2) is 23.2 Å². The third-order valence-corrected chi connectivity index (χ3v) is 5.91. The van der Waals surface area contributed by atoms with Crippen LogP contribution in [0.5, 0.6) is 17.2 Å². The monoisotopic (exact) mass is 525 g/mol. The Morgan fingerprint density at radius 1 is 1.12 bits per heavy atom. The first-order valence-corrected chi connectivity index (χ1v) is 11.4. The van der Waals surface area contributed by atoms with E-state index in [2.05, 4.69) is 27.8 Å². The third-order valence-electron chi connectivity index (χ3n) is 5.32. The minimum Gasteiger partial charge on any atom is -0.493 e. The maximum atomic E-state index is 12.5. The van der Waals surface area contributed by atoms with E-state index in [-0.39, 0.29) is 11.4 Å². The SMILES string of the molecule is COc1cc(/C=C2/C(=N)N3OC(C)=CC3=NC2=O)cc(Br)c1OCCOc1ccc(C)c(C)c1. The Morgan fingerprint density at radius 2 is 1.88 bits per heavy atom. The van der Waals surface area contributed by atoms with Crippen molar-refractivity contribution < 1.29 is 23.8 Å². The molecule has 4 rings (SSSR count). The number of amidine groups is 2. The Balaban J connectivity index is 1.47. The lowest BCUT2D eigenvalue weighted by molar-refractivity contribution is -0.114. The number of nitrogens with one attached hydrogen (secondary N) is 1. The molecule has 0 radical (unpaired) electrons. The fourth-order valence-electron chi connectivity index (χ4n) is 3.44. The van der Waals surface area contributed by atoms with Gasteiger partial charge in [-0.2, -0.15) is 4.99 Å². The molecule has 0 atom stereocenters. The fraction of sp³-hybridized carbons (Fsp3) is 0.240. The molecule has 0 spiro atoms. The van der Waals surface area contributed by atoms with Crippen LogP contribution in [0.15, 0.2) is 57.2 Å². The Labute approximate surface area is 206 Å². The molecule has 2 aliphatic rings. The van der Waals surface area contributed by atoms with Crippen molar-refractivity contribution >= 4 is 39.6 Å². The lowest BCUT2D eigenvalue weighted by Gasteiger charge is -2.23. The van der Waals surface area contributed by atoms with Crippen molar-refractivity contribution in [2.24, 2.45) is 4.99 Å². The number of allylic oxidation sites excluding steroid dienone is 1. The molecule has 0 aromatic heterocycles. The van der Waals surface area contributed by atoms with E-state index in [0.717, 1.165) is 5.75 Å². The van der Waals surface area contributed by atoms with Gasteiger partial charge >= 0.3 is 0 Å². The average molecular weight is 526 g/mol. The van der Waals surface area contributed by atoms with Crippen LogP contribution in [-0.2, 0) is 9.63 Å². The number of amides is 1. The van der Waals surface area contributed by atoms with Crippen LogP contribution in [0.3, 0.4) is 0 Å². The molecule has 2 heterocycles. The molecular weight excluding hydrogens is 502 g/mol. The van der Waals surface area contributed by atoms with E-state index in [1.807, 2.05) is 25.1 Å². The van der Waals surface area contributed by atoms with Crippen molar-refractivity contribution in [2.45, 2.75) is 20.8 Å². The first-order valence-electron chi connectivity index (χ1n) is 10.6. The number of methoxy groups -OCH3 is 1. The second kappa shape index (κ2) is 9.72. The molecule has 0 unspecified atom stereocenters. The summed E-state index contributed by atoms with van der Waals surface area (Å²) in [5.74, 6) is 2.05. The van der Waals surface area contributed by atoms with Gasteiger partial charge in [0.05, 0.1) is 17.2 Å². The number of carbonyl (C=O) groups is 1. The number of fused-ring (bicyclic) bond motifs is 1. The van der Waals surface area contributed by atoms with E-state index in [0.29, 0.717) is 46.3 Å². The predicted octanol–water partition coefficient (Wildman–Crippen LogP) is 4.98. The van der Waals surface area contributed by atoms with Crippen molar-refractivity contribution in [3.63, 3.8) is 0 Å². The number of aliphatic imine (C=N–C) groups is 1. The number of rotatable bonds is 7. The normalized spacial score (nSPS) is 16.1. The number of carbonyl (C=O) groups excluding carboxylic acids is 1. The lowest BCUT2D eigenvalue weighted by atomic mass is 10.1. The molecule has 9 heteroatoms. The second-order valence-electron chi connectivity index (χ2n) is 7.80. The predicted molar refractivity (Wildman–Crippen MR) is 132 cm³/mol. The summed E-state index contributed by atoms with van der Waals surface area (Å²) in [5.41, 5.74) is 3.13. The number of benzene rings is 2. The van der Waals surface area contributed by atoms with Crippen LogP contribution >= 0.6 is 15.9 Å². The Kier molecular flexibility index (Phi) is 6.74. The van der Waals surface area contributed by atoms with Gasteiger partial charge in [-0.25, -0.2) is 0 Å². The molecule has 2 aromatic rings. The van der Waals surface area contributed by atoms with Crippen molar-refractivity contribution in [1.82, 2.24) is 5.06 Å². The standard InChI is InChI=1S/C25H24BrN3O5/c1-14-5-6-18(9-15(14)2)32-7-8-33-23-20(26)12-17(13-21(23)31-4)11-19-24(27)29-22(28-25(19)30)10-16(3)34-29/h5-6,9-13,27H,7-8H2,1-4H3/b19-11-,27-24?. The lowest BCUT2D eigenvalue weighted by Crippen LogP contribution is -2.38. The molecule has 176 valence electrons. The molecule has 0 fully saturated rings. The summed E-state index contributed by atoms with van der Waals surface area (Å²) in [7, 11) is 1.54. The van der Waals surface area contributed by atoms with Gasteiger partial charge in [0, 0.05) is 6.08 Å². The van der Waals surface area contributed by atoms with E-state index in [1.165, 1.54) is 23.3 Å². The van der Waals surface area contributed by atoms with Crippen LogP contribution in [0.1, 0.15) is 23.6 Å². The number of ether oxygens (including phenoxy) is 3. The molecule has 0 bridgehead atoms. The number of hydrogen-bond acceptors (Lipinski definition) is 6. The highest BCUT2D eigenvalue weighted by molar-refractivity contribution is 9.10. The zero-order valence-corrected chi connectivity index (χ0v) is 20.9. The van der Waals surface area contributed by atoms with Gasteiger partial charge in [-0.15, -0.1) is 5.06 Å². The van der Waals surface area contributed by atoms with Crippen molar-refractivity contribution in [1.29, 1.82) is 5.41 Å². The quantitative estimate of drug-likeness (QED) is 0.404. The molecule has 1 N–H and O–H groups in total. The summed E-state index contributed by atoms with van der Waals surface area (Å²) in [6.45, 7) is 6.50. The van der Waals surface area contributed by atoms with Crippen LogP contribution in [0.25, 0.3) is 6.08 Å². The van der Waals surface area contributed by atoms with Gasteiger partial charge in [-0.05, 0) is 83.7 Å². The van der Waals surface area contributed by atoms with Gasteiger partial charge in [0.2, 0.25) is 0 Å². The number of halogens is 1. The van der Waals surface area contributed by atoms with Crippen molar-refractivity contribution in [2.75, 3.05) is 20.3 Å². The summed E-state index contributed by atoms with van der Waals surface area (Å²) < 4.78 is 17.8. The van der Waals surface area contributed by atoms with E-state index in [9.17, 15) is 4.79 Å². The maximum Gasteiger partial charge on any atom is 0.282 e. The van der Waals surface area contributed by atoms with Crippen molar-refractivity contribution in [3.05, 3.63) is 68.9 Å². The molecule has 8 nitrogen and oxygen atoms in total. The van der Waals surface area contributed by atoms with Crippen LogP contribution in [0.4, 0.5) is 0 Å². The Bertz CT molecular complexity index is 1270. The summed E-state index contributed by atoms with van der Waals surface area (Å²) in [5, 5.41) is 9.59. The summed E-state index contributed by atoms with van der Waals surface area (Å²) in [6.07, 6.45) is 3.18. The van der Waals surface area contributed by atoms with Crippen LogP contribution < -0.4 is 14.2 Å². The molecule has 34 heavy (non-hydrogen) atoms. The largest absolute Gasteiger partial charge is 0.493 e. The van der Waals surface area contributed by atoms with E-state index in [1.54, 1.807) is 31.2 Å². The minimum atomic E-state index is -0.510. The minimum absolute atomic E-state index is 0.0815. The van der Waals surface area contributed by atoms with E-state index < -0.39 is 5.91 Å². The zero-order chi connectivity index (χ0) is 24.4. The molecule has 1 amide bonds. The number of aryl methyl sites for hydroxylation is 2. The third kappa shape index (κ3) is 4.84. The Hall–Kier alpha value is -3.59. The highest BCUT2D eigenvalue weighted by Crippen LogP contribution is 2.37. The molecule has 2 aliphatic heterocycles. The summed E-state index contributed by atoms with van der Waals surface area (Å²) in [6, 6.07) is 9.46. The average Bonchev–Trinajstić information content (AvgIpc) is 3.17. The topological polar surface area (TPSA) is 93.4 Å². The van der Waals surface area contributed by atoms with E-state index >= 15 is 0 Å². The fourth-order valence-corrected chi connectivity index (χ4v) is 4.01. The highest BCUT2D eigenvalue weighted by Gasteiger charge is 2.34. The first kappa shape index (κ1) is 23.6. The van der Waals surface area contributed by atoms with Gasteiger partial charge in [-0.3, -0.25) is 10.2 Å². The molecule has 0 saturated heterocycles. The maximum absolute atomic E-state index is 12.5. The number of hydrogen-bond donors (Lipinski definition) is 1. The molecule has 0 aliphatic carbocycles. The van der Waals surface area contributed by atoms with Crippen molar-refractivity contribution in [3.8, 4) is 17.2 Å². The molecule has 0 saturated carbocycles. The number of nitrogens with zero attached hydrogens (tertiary/aromatic N) is 2. The van der Waals surface area contributed by atoms with E-state index in [4.69, 9.17) is 24.5 Å². The highest BCUT2D eigenvalue weighted by atomic mass is 79.9. The van der Waals surface area contributed by atoms with Gasteiger partial charge in [-0.1, -0.05) is 6.07 Å². The van der Waals surface area contributed by atoms with Crippen LogP contribution in [-0.4, -0.2) is 43.0 Å². The summed E-state index contributed by atoms with van der Waals surface area (Å²) >= 11 is 3.52. The van der Waals surface area contributed by atoms with Gasteiger partial charge < -0.3 is 19.0 Å². The molecule has 2 aromatic carbocycles. The van der Waals surface area contributed by atoms with Gasteiger partial charge in [0.25, 0.3) is 5.91 Å².